The van der Waals surface area contributed by atoms with Gasteiger partial charge in [-0.15, -0.1) is 0 Å². The molecule has 2 fully saturated rings. The molecule has 34 heteroatoms. The Balaban J connectivity index is 0.000000258. The minimum Gasteiger partial charge on any atom is -0.545 e. The Kier molecular flexibility index (Phi) is 25.3. The van der Waals surface area contributed by atoms with Gasteiger partial charge in [0.1, 0.15) is 44.6 Å². The van der Waals surface area contributed by atoms with Crippen molar-refractivity contribution in [2.45, 2.75) is 86.3 Å². The number of halogens is 7. The summed E-state index contributed by atoms with van der Waals surface area (Å²) in [6.45, 7) is 5.25. The largest absolute Gasteiger partial charge is 1.00 e. The van der Waals surface area contributed by atoms with Gasteiger partial charge in [-0.25, -0.2) is 59.1 Å². The van der Waals surface area contributed by atoms with Gasteiger partial charge in [0.25, 0.3) is 0 Å². The number of nitrogens with one attached hydrogen (secondary N) is 2. The number of nitrogens with zero attached hydrogens (tertiary/aromatic N) is 2. The molecule has 2 aromatic heterocycles. The normalized spacial score (nSPS) is 20.2. The predicted octanol–water partition coefficient (Wildman–Crippen LogP) is 3.79. The fraction of sp³-hybridized carbons (Fsp3) is 0.308. The minimum atomic E-state index is -4.33. The molecule has 460 valence electrons. The topological polar surface area (TPSA) is 355 Å². The number of nitrogens with two attached hydrogens (primary N) is 2. The number of primary sulfonamides is 2. The molecule has 2 saturated heterocycles. The first kappa shape index (κ1) is 71.6. The van der Waals surface area contributed by atoms with E-state index in [4.69, 9.17) is 77.6 Å². The van der Waals surface area contributed by atoms with Crippen LogP contribution in [0, 0.1) is 23.3 Å². The SMILES string of the molecule is C[C@@H]1CO[C@@](O)(c2cc(F)cc(F)c2)[C@H](C)N1C(=O)OCCl.C[C@@H]1CO[C@@](O)(c2cc(F)cc(F)c2)[C@H](C)N1C(=O)OCOC(=O)c1cc(S(N)(=O)=O)c(Cl)cc1NCc1ccco1.NS(=O)(=O)c1cc(C(=O)[O-])c(NCc2ccco2)cc1Cl.[Cs+]. The number of sulfonamides is 2. The van der Waals surface area contributed by atoms with E-state index in [-0.39, 0.29) is 145 Å². The number of hydrogen-bond acceptors (Lipinski definition) is 20. The Morgan fingerprint density at radius 3 is 1.40 bits per heavy atom. The van der Waals surface area contributed by atoms with Crippen molar-refractivity contribution in [2.24, 2.45) is 10.3 Å². The second-order valence-corrected chi connectivity index (χ2v) is 22.7. The van der Waals surface area contributed by atoms with Crippen LogP contribution in [-0.4, -0.2) is 111 Å². The number of anilines is 2. The maximum absolute atomic E-state index is 13.8. The molecule has 0 bridgehead atoms. The fourth-order valence-electron chi connectivity index (χ4n) is 8.66. The number of ether oxygens (including phenoxy) is 5. The summed E-state index contributed by atoms with van der Waals surface area (Å²) in [5, 5.41) is 48.4. The molecule has 4 heterocycles. The Morgan fingerprint density at radius 1 is 0.651 bits per heavy atom. The van der Waals surface area contributed by atoms with Crippen molar-refractivity contribution in [2.75, 3.05) is 36.7 Å². The van der Waals surface area contributed by atoms with E-state index in [1.165, 1.54) is 37.3 Å². The summed E-state index contributed by atoms with van der Waals surface area (Å²) < 4.78 is 137. The predicted molar refractivity (Wildman–Crippen MR) is 290 cm³/mol. The molecule has 0 aliphatic carbocycles. The number of hydrogen-bond donors (Lipinski definition) is 6. The van der Waals surface area contributed by atoms with E-state index >= 15 is 0 Å². The number of amides is 2. The molecule has 0 spiro atoms. The van der Waals surface area contributed by atoms with E-state index < -0.39 is 120 Å². The molecule has 2 aliphatic heterocycles. The van der Waals surface area contributed by atoms with Gasteiger partial charge in [-0.05, 0) is 100 Å². The zero-order valence-corrected chi connectivity index (χ0v) is 55.9. The Hall–Kier alpha value is -5.18. The van der Waals surface area contributed by atoms with Gasteiger partial charge >= 0.3 is 87.0 Å². The van der Waals surface area contributed by atoms with Crippen molar-refractivity contribution in [3.05, 3.63) is 165 Å². The van der Waals surface area contributed by atoms with E-state index in [1.54, 1.807) is 38.1 Å². The molecule has 24 nitrogen and oxygen atoms in total. The molecule has 8 N–H and O–H groups in total. The van der Waals surface area contributed by atoms with Crippen LogP contribution in [0.25, 0.3) is 0 Å². The number of morpholine rings is 2. The van der Waals surface area contributed by atoms with E-state index in [0.29, 0.717) is 23.7 Å². The maximum Gasteiger partial charge on any atom is 1.00 e. The summed E-state index contributed by atoms with van der Waals surface area (Å²) in [5.74, 6) is -9.57. The summed E-state index contributed by atoms with van der Waals surface area (Å²) in [4.78, 5) is 50.3. The standard InChI is InChI=1S/C26H26ClF2N3O9S.C14H16ClF2NO4.C12H11ClN2O5S.Cs/c1-14-12-41-26(35,16-6-17(28)8-18(29)7-16)15(2)32(14)25(34)40-13-39-24(33)20-9-23(42(30,36)37)21(27)10-22(20)31-11-19-4-3-5-38-19;1-8-6-22-14(20,9(2)18(8)13(19)21-7-15)10-3-11(16)5-12(17)4-10;13-9-5-10(15-6-7-2-1-3-20-7)8(12(16)17)4-11(9)21(14,18)19;/h3-10,14-15,31,35H,11-13H2,1-2H3,(H2,30,36,37);3-5,8-9,20H,6-7H2,1-2H3;1-5,15H,6H2,(H,16,17)(H2,14,18,19);/q;;;+1/p-1/t14-,15+,26-;8-,9+,14-;;/m11../s1. The van der Waals surface area contributed by atoms with E-state index in [9.17, 15) is 68.9 Å². The van der Waals surface area contributed by atoms with Crippen LogP contribution in [0.1, 0.15) is 71.1 Å². The molecule has 0 unspecified atom stereocenters. The van der Waals surface area contributed by atoms with Crippen LogP contribution in [0.5, 0.6) is 0 Å². The van der Waals surface area contributed by atoms with Crippen molar-refractivity contribution >= 4 is 90.3 Å². The number of rotatable bonds is 15. The number of aliphatic hydroxyl groups is 2. The summed E-state index contributed by atoms with van der Waals surface area (Å²) in [6.07, 6.45) is 1.12. The first-order valence-corrected chi connectivity index (χ1v) is 28.9. The minimum absolute atomic E-state index is 0. The van der Waals surface area contributed by atoms with Gasteiger partial charge in [-0.3, -0.25) is 9.80 Å². The van der Waals surface area contributed by atoms with Crippen LogP contribution >= 0.6 is 34.8 Å². The summed E-state index contributed by atoms with van der Waals surface area (Å²) in [6, 6.07) is 12.2. The molecular formula is C52H52Cl3CsF4N6O18S2. The fourth-order valence-corrected chi connectivity index (χ4v) is 10.9. The molecule has 6 atom stereocenters. The molecule has 0 saturated carbocycles. The van der Waals surface area contributed by atoms with Crippen molar-refractivity contribution in [3.8, 4) is 0 Å². The zero-order chi connectivity index (χ0) is 62.9. The van der Waals surface area contributed by atoms with Gasteiger partial charge in [-0.2, -0.15) is 0 Å². The molecule has 86 heavy (non-hydrogen) atoms. The van der Waals surface area contributed by atoms with Crippen molar-refractivity contribution in [1.82, 2.24) is 9.80 Å². The third-order valence-corrected chi connectivity index (χ3v) is 15.7. The first-order chi connectivity index (χ1) is 39.8. The smallest absolute Gasteiger partial charge is 0.545 e. The molecular weight excluding hydrogens is 1380 g/mol. The van der Waals surface area contributed by atoms with E-state index in [2.05, 4.69) is 10.6 Å². The number of carbonyl (C=O) groups excluding carboxylic acids is 4. The number of carboxylic acid groups (broad SMARTS) is 1. The second-order valence-electron chi connectivity index (χ2n) is 18.6. The summed E-state index contributed by atoms with van der Waals surface area (Å²) in [5.41, 5.74) is -0.858. The van der Waals surface area contributed by atoms with Crippen LogP contribution in [0.15, 0.2) is 116 Å². The monoisotopic (exact) mass is 1430 g/mol. The van der Waals surface area contributed by atoms with E-state index in [0.717, 1.165) is 47.4 Å². The number of furan rings is 2. The molecule has 0 radical (unpaired) electrons. The quantitative estimate of drug-likeness (QED) is 0.0369. The van der Waals surface area contributed by atoms with Gasteiger partial charge in [0.2, 0.25) is 38.4 Å². The number of carbonyl (C=O) groups is 4. The molecule has 4 aromatic carbocycles. The van der Waals surface area contributed by atoms with Crippen LogP contribution in [0.4, 0.5) is 38.5 Å². The second kappa shape index (κ2) is 30.4. The number of benzene rings is 4. The van der Waals surface area contributed by atoms with Crippen LogP contribution < -0.4 is 94.9 Å². The first-order valence-electron chi connectivity index (χ1n) is 24.5. The summed E-state index contributed by atoms with van der Waals surface area (Å²) >= 11 is 17.3. The van der Waals surface area contributed by atoms with Gasteiger partial charge in [0, 0.05) is 34.5 Å². The number of esters is 1. The van der Waals surface area contributed by atoms with Crippen molar-refractivity contribution < 1.29 is 170 Å². The molecule has 8 rings (SSSR count). The van der Waals surface area contributed by atoms with Crippen LogP contribution in [0.2, 0.25) is 10.0 Å². The van der Waals surface area contributed by atoms with Crippen molar-refractivity contribution in [3.63, 3.8) is 0 Å². The van der Waals surface area contributed by atoms with Gasteiger partial charge in [0.05, 0.1) is 90.3 Å². The average Bonchev–Trinajstić information content (AvgIpc) is 1.000. The number of carboxylic acids is 1. The Morgan fingerprint density at radius 2 is 1.03 bits per heavy atom. The van der Waals surface area contributed by atoms with Crippen molar-refractivity contribution in [1.29, 1.82) is 0 Å². The van der Waals surface area contributed by atoms with Gasteiger partial charge in [-0.1, -0.05) is 34.8 Å². The van der Waals surface area contributed by atoms with Crippen LogP contribution in [0.3, 0.4) is 0 Å². The third kappa shape index (κ3) is 17.8. The maximum atomic E-state index is 13.8. The van der Waals surface area contributed by atoms with Crippen LogP contribution in [-0.2, 0) is 68.4 Å². The summed E-state index contributed by atoms with van der Waals surface area (Å²) in [7, 11) is -8.46. The van der Waals surface area contributed by atoms with Gasteiger partial charge in [0.15, 0.2) is 6.07 Å². The molecule has 6 aromatic rings. The van der Waals surface area contributed by atoms with E-state index in [1.807, 2.05) is 0 Å². The molecule has 2 aliphatic rings. The number of aromatic carboxylic acids is 1. The zero-order valence-electron chi connectivity index (χ0n) is 45.7. The Bertz CT molecular complexity index is 3600. The third-order valence-electron chi connectivity index (χ3n) is 12.8. The van der Waals surface area contributed by atoms with Gasteiger partial charge < -0.3 is 63.3 Å². The number of alkyl halides is 1. The Labute approximate surface area is 562 Å². The average molecular weight is 1430 g/mol. The molecule has 2 amide bonds.